The fraction of sp³-hybridized carbons (Fsp3) is 0.421. The van der Waals surface area contributed by atoms with Crippen molar-refractivity contribution in [1.29, 1.82) is 0 Å². The fourth-order valence-electron chi connectivity index (χ4n) is 3.31. The van der Waals surface area contributed by atoms with Gasteiger partial charge >= 0.3 is 0 Å². The number of benzene rings is 1. The van der Waals surface area contributed by atoms with Gasteiger partial charge in [0.05, 0.1) is 11.4 Å². The van der Waals surface area contributed by atoms with E-state index in [9.17, 15) is 4.79 Å². The van der Waals surface area contributed by atoms with E-state index in [-0.39, 0.29) is 5.56 Å². The predicted molar refractivity (Wildman–Crippen MR) is 110 cm³/mol. The molecular formula is C19H25N5OS. The van der Waals surface area contributed by atoms with Gasteiger partial charge in [0.1, 0.15) is 5.69 Å². The van der Waals surface area contributed by atoms with Crippen LogP contribution in [-0.4, -0.2) is 20.2 Å². The molecule has 2 aromatic rings. The Balaban J connectivity index is 1.79. The third-order valence-corrected chi connectivity index (χ3v) is 5.18. The monoisotopic (exact) mass is 371 g/mol. The van der Waals surface area contributed by atoms with Gasteiger partial charge in [0, 0.05) is 12.8 Å². The quantitative estimate of drug-likeness (QED) is 0.642. The minimum absolute atomic E-state index is 0.140. The van der Waals surface area contributed by atoms with Crippen molar-refractivity contribution in [1.82, 2.24) is 14.8 Å². The maximum Gasteiger partial charge on any atom is 0.295 e. The summed E-state index contributed by atoms with van der Waals surface area (Å²) in [6.45, 7) is 4.08. The molecule has 1 aromatic carbocycles. The van der Waals surface area contributed by atoms with Crippen molar-refractivity contribution in [3.05, 3.63) is 46.4 Å². The van der Waals surface area contributed by atoms with Gasteiger partial charge in [-0.05, 0) is 56.5 Å². The van der Waals surface area contributed by atoms with Gasteiger partial charge in [0.2, 0.25) is 0 Å². The fourth-order valence-corrected chi connectivity index (χ4v) is 3.46. The first-order valence-corrected chi connectivity index (χ1v) is 9.37. The molecule has 0 aliphatic heterocycles. The van der Waals surface area contributed by atoms with E-state index in [0.717, 1.165) is 23.5 Å². The predicted octanol–water partition coefficient (Wildman–Crippen LogP) is 3.34. The lowest BCUT2D eigenvalue weighted by molar-refractivity contribution is 0.555. The van der Waals surface area contributed by atoms with Gasteiger partial charge < -0.3 is 5.32 Å². The molecule has 1 fully saturated rings. The summed E-state index contributed by atoms with van der Waals surface area (Å²) in [5, 5.41) is 7.81. The first-order chi connectivity index (χ1) is 12.5. The van der Waals surface area contributed by atoms with Crippen molar-refractivity contribution in [3.8, 4) is 5.69 Å². The summed E-state index contributed by atoms with van der Waals surface area (Å²) in [4.78, 5) is 12.9. The van der Waals surface area contributed by atoms with Crippen LogP contribution >= 0.6 is 12.2 Å². The standard InChI is InChI=1S/C19H25N5OS/c1-13-9-7-8-12-16(13)21-22-19(26)20-17-14(2)23(3)24(18(17)25)15-10-5-4-6-11-15/h4-6,10-11,13H,7-9,12H2,1-3H3,(H2,20,22,26)/t13-/m0/s1. The zero-order valence-electron chi connectivity index (χ0n) is 15.5. The average Bonchev–Trinajstić information content (AvgIpc) is 2.85. The van der Waals surface area contributed by atoms with Gasteiger partial charge in [0.25, 0.3) is 5.56 Å². The highest BCUT2D eigenvalue weighted by molar-refractivity contribution is 7.80. The molecule has 26 heavy (non-hydrogen) atoms. The molecule has 1 saturated carbocycles. The Kier molecular flexibility index (Phi) is 5.56. The van der Waals surface area contributed by atoms with Gasteiger partial charge in [-0.1, -0.05) is 31.5 Å². The lowest BCUT2D eigenvalue weighted by atomic mass is 9.89. The van der Waals surface area contributed by atoms with Gasteiger partial charge in [-0.3, -0.25) is 14.9 Å². The molecular weight excluding hydrogens is 346 g/mol. The number of anilines is 1. The molecule has 6 nitrogen and oxygen atoms in total. The molecule has 1 aliphatic carbocycles. The van der Waals surface area contributed by atoms with E-state index in [2.05, 4.69) is 22.8 Å². The molecule has 7 heteroatoms. The smallest absolute Gasteiger partial charge is 0.295 e. The molecule has 0 amide bonds. The number of hydrazone groups is 1. The second-order valence-corrected chi connectivity index (χ2v) is 7.16. The highest BCUT2D eigenvalue weighted by Gasteiger charge is 2.18. The van der Waals surface area contributed by atoms with Crippen LogP contribution in [0.1, 0.15) is 38.3 Å². The zero-order chi connectivity index (χ0) is 18.7. The van der Waals surface area contributed by atoms with Crippen molar-refractivity contribution in [2.75, 3.05) is 5.32 Å². The van der Waals surface area contributed by atoms with Crippen LogP contribution in [0.2, 0.25) is 0 Å². The minimum atomic E-state index is -0.140. The van der Waals surface area contributed by atoms with Crippen LogP contribution in [0.25, 0.3) is 5.69 Å². The van der Waals surface area contributed by atoms with Crippen LogP contribution in [0.15, 0.2) is 40.2 Å². The van der Waals surface area contributed by atoms with E-state index in [0.29, 0.717) is 16.7 Å². The maximum absolute atomic E-state index is 12.9. The first-order valence-electron chi connectivity index (χ1n) is 8.96. The molecule has 138 valence electrons. The number of nitrogens with one attached hydrogen (secondary N) is 2. The van der Waals surface area contributed by atoms with Crippen molar-refractivity contribution in [3.63, 3.8) is 0 Å². The second-order valence-electron chi connectivity index (χ2n) is 6.75. The summed E-state index contributed by atoms with van der Waals surface area (Å²) in [6, 6.07) is 9.54. The summed E-state index contributed by atoms with van der Waals surface area (Å²) >= 11 is 5.34. The molecule has 0 saturated heterocycles. The number of rotatable bonds is 3. The SMILES string of the molecule is Cc1c(NC(=S)NN=C2CCCC[C@@H]2C)c(=O)n(-c2ccccc2)n1C. The molecule has 1 aliphatic rings. The number of thiocarbonyl (C=S) groups is 1. The zero-order valence-corrected chi connectivity index (χ0v) is 16.3. The molecule has 1 heterocycles. The van der Waals surface area contributed by atoms with E-state index in [1.54, 1.807) is 4.68 Å². The Hall–Kier alpha value is -2.41. The number of hydrogen-bond acceptors (Lipinski definition) is 3. The Labute approximate surface area is 158 Å². The van der Waals surface area contributed by atoms with Crippen LogP contribution in [0, 0.1) is 12.8 Å². The lowest BCUT2D eigenvalue weighted by Crippen LogP contribution is -2.30. The van der Waals surface area contributed by atoms with Crippen LogP contribution < -0.4 is 16.3 Å². The van der Waals surface area contributed by atoms with Gasteiger partial charge in [0.15, 0.2) is 5.11 Å². The summed E-state index contributed by atoms with van der Waals surface area (Å²) in [6.07, 6.45) is 4.60. The molecule has 0 spiro atoms. The van der Waals surface area contributed by atoms with Crippen molar-refractivity contribution in [2.24, 2.45) is 18.1 Å². The van der Waals surface area contributed by atoms with Crippen molar-refractivity contribution < 1.29 is 0 Å². The summed E-state index contributed by atoms with van der Waals surface area (Å²) < 4.78 is 3.44. The van der Waals surface area contributed by atoms with E-state index in [1.165, 1.54) is 19.3 Å². The van der Waals surface area contributed by atoms with Crippen molar-refractivity contribution in [2.45, 2.75) is 39.5 Å². The Morgan fingerprint density at radius 3 is 2.69 bits per heavy atom. The van der Waals surface area contributed by atoms with Gasteiger partial charge in [-0.2, -0.15) is 5.10 Å². The van der Waals surface area contributed by atoms with E-state index < -0.39 is 0 Å². The summed E-state index contributed by atoms with van der Waals surface area (Å²) in [7, 11) is 1.86. The summed E-state index contributed by atoms with van der Waals surface area (Å²) in [5.41, 5.74) is 5.99. The third-order valence-electron chi connectivity index (χ3n) is 4.98. The highest BCUT2D eigenvalue weighted by Crippen LogP contribution is 2.20. The molecule has 0 radical (unpaired) electrons. The number of aromatic nitrogens is 2. The first kappa shape index (κ1) is 18.4. The average molecular weight is 372 g/mol. The van der Waals surface area contributed by atoms with Gasteiger partial charge in [-0.15, -0.1) is 0 Å². The normalized spacial score (nSPS) is 18.7. The largest absolute Gasteiger partial charge is 0.325 e. The second kappa shape index (κ2) is 7.86. The molecule has 3 rings (SSSR count). The third kappa shape index (κ3) is 3.72. The van der Waals surface area contributed by atoms with E-state index >= 15 is 0 Å². The molecule has 0 bridgehead atoms. The molecule has 1 atom stereocenters. The molecule has 1 aromatic heterocycles. The number of para-hydroxylation sites is 1. The summed E-state index contributed by atoms with van der Waals surface area (Å²) in [5.74, 6) is 0.479. The minimum Gasteiger partial charge on any atom is -0.325 e. The van der Waals surface area contributed by atoms with Crippen LogP contribution in [0.5, 0.6) is 0 Å². The Morgan fingerprint density at radius 2 is 2.00 bits per heavy atom. The topological polar surface area (TPSA) is 63.4 Å². The van der Waals surface area contributed by atoms with Crippen LogP contribution in [0.4, 0.5) is 5.69 Å². The maximum atomic E-state index is 12.9. The Bertz CT molecular complexity index is 881. The number of nitrogens with zero attached hydrogens (tertiary/aromatic N) is 3. The van der Waals surface area contributed by atoms with Crippen LogP contribution in [0.3, 0.4) is 0 Å². The van der Waals surface area contributed by atoms with Crippen LogP contribution in [-0.2, 0) is 7.05 Å². The molecule has 2 N–H and O–H groups in total. The Morgan fingerprint density at radius 1 is 1.27 bits per heavy atom. The van der Waals surface area contributed by atoms with E-state index in [4.69, 9.17) is 12.2 Å². The lowest BCUT2D eigenvalue weighted by Gasteiger charge is -2.20. The highest BCUT2D eigenvalue weighted by atomic mass is 32.1. The van der Waals surface area contributed by atoms with Gasteiger partial charge in [-0.25, -0.2) is 4.68 Å². The number of hydrogen-bond donors (Lipinski definition) is 2. The molecule has 0 unspecified atom stereocenters. The van der Waals surface area contributed by atoms with E-state index in [1.807, 2.05) is 49.0 Å². The van der Waals surface area contributed by atoms with Crippen molar-refractivity contribution >= 4 is 28.7 Å².